The normalized spacial score (nSPS) is 17.0. The van der Waals surface area contributed by atoms with Gasteiger partial charge in [-0.25, -0.2) is 23.6 Å². The van der Waals surface area contributed by atoms with Gasteiger partial charge in [0, 0.05) is 40.9 Å². The van der Waals surface area contributed by atoms with Crippen molar-refractivity contribution in [2.75, 3.05) is 51.1 Å². The first-order valence-electron chi connectivity index (χ1n) is 44.3. The number of phosphoric acid groups is 1. The Labute approximate surface area is 714 Å². The molecule has 28 heteroatoms. The van der Waals surface area contributed by atoms with Gasteiger partial charge in [-0.15, -0.1) is 5.10 Å². The van der Waals surface area contributed by atoms with Crippen molar-refractivity contribution in [2.45, 2.75) is 316 Å². The topological polar surface area (TPSA) is 279 Å². The van der Waals surface area contributed by atoms with Gasteiger partial charge in [0.25, 0.3) is 0 Å². The molecule has 6 aromatic rings. The summed E-state index contributed by atoms with van der Waals surface area (Å²) in [4.78, 5) is 79.6. The van der Waals surface area contributed by atoms with E-state index in [1.807, 2.05) is 154 Å². The number of carbonyl (C=O) groups is 5. The van der Waals surface area contributed by atoms with Crippen molar-refractivity contribution in [1.82, 2.24) is 15.0 Å². The number of nitrogens with one attached hydrogen (secondary N) is 2. The summed E-state index contributed by atoms with van der Waals surface area (Å²) in [5, 5.41) is 16.6. The third-order valence-electron chi connectivity index (χ3n) is 24.7. The van der Waals surface area contributed by atoms with Gasteiger partial charge in [0.05, 0.1) is 60.6 Å². The van der Waals surface area contributed by atoms with Gasteiger partial charge in [0.15, 0.2) is 11.7 Å². The molecule has 2 fully saturated rings. The number of unbranched alkanes of at least 4 members (excludes halogenated alkanes) is 24. The Morgan fingerprint density at radius 3 is 1.39 bits per heavy atom. The molecule has 5 aromatic carbocycles. The number of aromatic nitrogens is 3. The highest BCUT2D eigenvalue weighted by Crippen LogP contribution is 2.50. The number of amides is 2. The van der Waals surface area contributed by atoms with Crippen molar-refractivity contribution in [3.8, 4) is 5.69 Å². The van der Waals surface area contributed by atoms with Crippen molar-refractivity contribution in [3.05, 3.63) is 148 Å². The predicted molar refractivity (Wildman–Crippen MR) is 472 cm³/mol. The summed E-state index contributed by atoms with van der Waals surface area (Å²) in [6, 6.07) is 31.7. The molecular weight excluding hydrogens is 1560 g/mol. The number of benzene rings is 5. The molecule has 4 aliphatic rings. The SMILES string of the molecule is CCCCCCCCCCCCCCCC(=O)OCC(COP(=O)(O)OCC[N+](C)(C)Cc1cn(-c2ccc3c(c2)C(=O)OC32c3ccc(NC(=O)OCc4ccc(B5OC(C)(C)C(C)(C)O5)cc4)cc3[Si](C)(C)c3cc(NC(=O)OCc4ccc(B5OC(C)(C)C(C)(C)O5)cc4)ccc32)nn1)OC(=O)CCCCCCCCCCCCCCC. The second kappa shape index (κ2) is 43.2. The number of hydrogen-bond acceptors (Lipinski definition) is 19. The summed E-state index contributed by atoms with van der Waals surface area (Å²) in [6.07, 6.45) is 30.1. The Hall–Kier alpha value is -7.55. The minimum atomic E-state index is -4.72. The van der Waals surface area contributed by atoms with Crippen LogP contribution >= 0.6 is 7.82 Å². The van der Waals surface area contributed by atoms with Gasteiger partial charge >= 0.3 is 52.2 Å². The molecule has 0 aliphatic carbocycles. The fourth-order valence-corrected chi connectivity index (χ4v) is 19.8. The smallest absolute Gasteiger partial charge is 0.462 e. The molecule has 3 N–H and O–H groups in total. The minimum absolute atomic E-state index is 0.0121. The van der Waals surface area contributed by atoms with Crippen molar-refractivity contribution >= 4 is 92.9 Å². The van der Waals surface area contributed by atoms with Gasteiger partial charge in [-0.3, -0.25) is 29.3 Å². The lowest BCUT2D eigenvalue weighted by atomic mass is 9.79. The highest BCUT2D eigenvalue weighted by Gasteiger charge is 2.57. The Balaban J connectivity index is 0.770. The van der Waals surface area contributed by atoms with Gasteiger partial charge in [-0.2, -0.15) is 0 Å². The van der Waals surface area contributed by atoms with E-state index < -0.39 is 101 Å². The summed E-state index contributed by atoms with van der Waals surface area (Å²) in [7, 11) is -4.88. The van der Waals surface area contributed by atoms with Crippen LogP contribution in [-0.2, 0) is 90.9 Å². The number of rotatable bonds is 49. The molecule has 0 bridgehead atoms. The molecule has 1 aromatic heterocycles. The summed E-state index contributed by atoms with van der Waals surface area (Å²) >= 11 is 0. The third kappa shape index (κ3) is 26.0. The number of ether oxygens (including phenoxy) is 5. The summed E-state index contributed by atoms with van der Waals surface area (Å²) in [5.41, 5.74) is 3.98. The van der Waals surface area contributed by atoms with Gasteiger partial charge in [0.1, 0.15) is 53.3 Å². The first-order chi connectivity index (χ1) is 57.1. The van der Waals surface area contributed by atoms with E-state index in [1.165, 1.54) is 116 Å². The molecule has 2 atom stereocenters. The molecule has 2 unspecified atom stereocenters. The zero-order valence-electron chi connectivity index (χ0n) is 74.0. The van der Waals surface area contributed by atoms with Crippen LogP contribution in [0.4, 0.5) is 21.0 Å². The molecule has 0 saturated carbocycles. The molecule has 120 heavy (non-hydrogen) atoms. The second-order valence-corrected chi connectivity index (χ2v) is 42.1. The number of nitrogens with zero attached hydrogens (tertiary/aromatic N) is 4. The van der Waals surface area contributed by atoms with Crippen LogP contribution in [0.3, 0.4) is 0 Å². The second-order valence-electron chi connectivity index (χ2n) is 36.4. The van der Waals surface area contributed by atoms with Crippen LogP contribution in [0.1, 0.15) is 293 Å². The maximum absolute atomic E-state index is 14.8. The molecule has 5 heterocycles. The molecule has 654 valence electrons. The van der Waals surface area contributed by atoms with Crippen LogP contribution in [0, 0.1) is 0 Å². The monoisotopic (exact) mass is 1690 g/mol. The Morgan fingerprint density at radius 2 is 0.950 bits per heavy atom. The standard InChI is InChI=1S/C92H133B2N6O18PSi/c1-15-17-19-21-23-25-27-29-31-33-35-37-39-41-83(101)108-66-76(113-84(102)42-40-38-36-34-32-30-28-26-24-22-20-18-16-2)67-112-119(106,107)111-58-57-100(11,12)63-74-62-99(98-97-74)75-53-56-78-77(61-75)85(103)114-92(78)79-54-51-72(95-86(104)109-64-68-43-47-70(48-44-68)93-115-88(3,4)89(5,6)116-93)59-81(79)120(13,14)82-60-73(52-55-80(82)92)96-87(105)110-65-69-45-49-71(50-46-69)94-117-90(7,8)91(9,10)118-94/h43-56,59-62,76H,15-42,57-58,63-67H2,1-14H3,(H2-,95,96,104,105,106,107)/p+1. The van der Waals surface area contributed by atoms with E-state index >= 15 is 0 Å². The average molecular weight is 1690 g/mol. The van der Waals surface area contributed by atoms with E-state index in [2.05, 4.69) is 47.9 Å². The van der Waals surface area contributed by atoms with Gasteiger partial charge < -0.3 is 51.7 Å². The van der Waals surface area contributed by atoms with E-state index in [9.17, 15) is 33.4 Å². The largest absolute Gasteiger partial charge is 0.494 e. The number of anilines is 2. The number of carbonyl (C=O) groups excluding carboxylic acids is 5. The minimum Gasteiger partial charge on any atom is -0.462 e. The first kappa shape index (κ1) is 94.7. The van der Waals surface area contributed by atoms with E-state index in [0.717, 1.165) is 71.0 Å². The number of esters is 3. The van der Waals surface area contributed by atoms with E-state index in [4.69, 9.17) is 51.3 Å². The maximum atomic E-state index is 14.8. The van der Waals surface area contributed by atoms with Crippen LogP contribution in [0.15, 0.2) is 109 Å². The van der Waals surface area contributed by atoms with Crippen LogP contribution in [0.25, 0.3) is 5.69 Å². The highest BCUT2D eigenvalue weighted by molar-refractivity contribution is 7.47. The van der Waals surface area contributed by atoms with Gasteiger partial charge in [-0.1, -0.05) is 253 Å². The number of hydrogen-bond donors (Lipinski definition) is 3. The fourth-order valence-electron chi connectivity index (χ4n) is 15.9. The van der Waals surface area contributed by atoms with Crippen LogP contribution in [-0.4, -0.2) is 146 Å². The molecule has 2 amide bonds. The molecule has 2 saturated heterocycles. The zero-order valence-corrected chi connectivity index (χ0v) is 75.9. The van der Waals surface area contributed by atoms with Gasteiger partial charge in [0.2, 0.25) is 0 Å². The van der Waals surface area contributed by atoms with Crippen LogP contribution < -0.4 is 31.9 Å². The average Bonchev–Trinajstić information content (AvgIpc) is 1.42. The first-order valence-corrected chi connectivity index (χ1v) is 48.8. The number of likely N-dealkylation sites (N-methyl/N-ethyl adjacent to an activating group) is 1. The molecular formula is C92H134B2N6O18PSi+. The highest BCUT2D eigenvalue weighted by atomic mass is 31.2. The molecule has 1 spiro atoms. The fraction of sp³-hybridized carbons (Fsp3) is 0.598. The third-order valence-corrected chi connectivity index (χ3v) is 29.2. The quantitative estimate of drug-likeness (QED) is 0.00799. The predicted octanol–water partition coefficient (Wildman–Crippen LogP) is 18.1. The number of fused-ring (bicyclic) bond motifs is 6. The van der Waals surface area contributed by atoms with E-state index in [-0.39, 0.29) is 55.9 Å². The van der Waals surface area contributed by atoms with Crippen molar-refractivity contribution < 1.29 is 89.3 Å². The van der Waals surface area contributed by atoms with E-state index in [0.29, 0.717) is 58.8 Å². The lowest BCUT2D eigenvalue weighted by molar-refractivity contribution is -0.904. The summed E-state index contributed by atoms with van der Waals surface area (Å²) in [5.74, 6) is -1.52. The Kier molecular flexibility index (Phi) is 34.1. The van der Waals surface area contributed by atoms with Crippen LogP contribution in [0.2, 0.25) is 13.1 Å². The van der Waals surface area contributed by atoms with E-state index in [1.54, 1.807) is 29.1 Å². The van der Waals surface area contributed by atoms with Crippen LogP contribution in [0.5, 0.6) is 0 Å². The molecule has 0 radical (unpaired) electrons. The maximum Gasteiger partial charge on any atom is 0.494 e. The van der Waals surface area contributed by atoms with Gasteiger partial charge in [-0.05, 0) is 137 Å². The Morgan fingerprint density at radius 1 is 0.533 bits per heavy atom. The zero-order chi connectivity index (χ0) is 86.4. The Bertz CT molecular complexity index is 4240. The summed E-state index contributed by atoms with van der Waals surface area (Å²) in [6.45, 7) is 24.3. The number of quaternary nitrogens is 1. The number of phosphoric ester groups is 1. The lowest BCUT2D eigenvalue weighted by Crippen LogP contribution is -2.63. The molecule has 24 nitrogen and oxygen atoms in total. The summed E-state index contributed by atoms with van der Waals surface area (Å²) < 4.78 is 81.0. The van der Waals surface area contributed by atoms with Crippen molar-refractivity contribution in [2.24, 2.45) is 0 Å². The molecule has 10 rings (SSSR count). The molecule has 4 aliphatic heterocycles. The van der Waals surface area contributed by atoms with Crippen molar-refractivity contribution in [3.63, 3.8) is 0 Å². The van der Waals surface area contributed by atoms with Crippen molar-refractivity contribution in [1.29, 1.82) is 0 Å². The lowest BCUT2D eigenvalue weighted by Gasteiger charge is -2.44.